The lowest BCUT2D eigenvalue weighted by Gasteiger charge is -2.21. The highest BCUT2D eigenvalue weighted by atomic mass is 32.2. The average Bonchev–Trinajstić information content (AvgIpc) is 3.09. The zero-order valence-electron chi connectivity index (χ0n) is 10.3. The predicted molar refractivity (Wildman–Crippen MR) is 72.1 cm³/mol. The van der Waals surface area contributed by atoms with Crippen molar-refractivity contribution in [3.8, 4) is 0 Å². The molecule has 3 nitrogen and oxygen atoms in total. The number of hydrogen-bond acceptors (Lipinski definition) is 3. The van der Waals surface area contributed by atoms with Gasteiger partial charge in [0, 0.05) is 25.3 Å². The van der Waals surface area contributed by atoms with Crippen LogP contribution in [0.1, 0.15) is 31.4 Å². The maximum Gasteiger partial charge on any atom is 0.0950 e. The topological polar surface area (TPSA) is 29.9 Å². The summed E-state index contributed by atoms with van der Waals surface area (Å²) >= 11 is 2.10. The van der Waals surface area contributed by atoms with E-state index < -0.39 is 0 Å². The van der Waals surface area contributed by atoms with Gasteiger partial charge in [0.05, 0.1) is 12.0 Å². The van der Waals surface area contributed by atoms with Gasteiger partial charge >= 0.3 is 0 Å². The average molecular weight is 251 g/mol. The van der Waals surface area contributed by atoms with Crippen LogP contribution in [0.15, 0.2) is 12.5 Å². The molecule has 1 aromatic heterocycles. The summed E-state index contributed by atoms with van der Waals surface area (Å²) in [6.45, 7) is 2.11. The first-order valence-corrected chi connectivity index (χ1v) is 7.87. The molecule has 0 bridgehead atoms. The Morgan fingerprint density at radius 1 is 1.29 bits per heavy atom. The molecule has 4 heteroatoms. The largest absolute Gasteiger partial charge is 0.337 e. The maximum atomic E-state index is 4.48. The molecule has 0 radical (unpaired) electrons. The summed E-state index contributed by atoms with van der Waals surface area (Å²) in [6.07, 6.45) is 9.67. The van der Waals surface area contributed by atoms with Crippen molar-refractivity contribution in [2.24, 2.45) is 5.92 Å². The molecule has 0 aromatic carbocycles. The fourth-order valence-electron chi connectivity index (χ4n) is 2.36. The van der Waals surface area contributed by atoms with Crippen molar-refractivity contribution in [1.29, 1.82) is 0 Å². The lowest BCUT2D eigenvalue weighted by atomic mass is 10.0. The summed E-state index contributed by atoms with van der Waals surface area (Å²) in [4.78, 5) is 4.48. The van der Waals surface area contributed by atoms with E-state index >= 15 is 0 Å². The Hall–Kier alpha value is -0.480. The number of imidazole rings is 1. The van der Waals surface area contributed by atoms with E-state index in [1.165, 1.54) is 42.9 Å². The molecule has 2 aliphatic rings. The van der Waals surface area contributed by atoms with Crippen molar-refractivity contribution in [3.63, 3.8) is 0 Å². The summed E-state index contributed by atoms with van der Waals surface area (Å²) in [6, 6.07) is 0.774. The molecule has 2 fully saturated rings. The van der Waals surface area contributed by atoms with Crippen molar-refractivity contribution in [3.05, 3.63) is 18.2 Å². The monoisotopic (exact) mass is 251 g/mol. The van der Waals surface area contributed by atoms with E-state index in [2.05, 4.69) is 32.8 Å². The van der Waals surface area contributed by atoms with Crippen LogP contribution < -0.4 is 5.32 Å². The third-order valence-corrected chi connectivity index (χ3v) is 4.69. The molecule has 0 unspecified atom stereocenters. The minimum atomic E-state index is 0.774. The van der Waals surface area contributed by atoms with Crippen LogP contribution in [-0.4, -0.2) is 27.1 Å². The van der Waals surface area contributed by atoms with Gasteiger partial charge in [-0.2, -0.15) is 11.8 Å². The predicted octanol–water partition coefficient (Wildman–Crippen LogP) is 2.28. The molecule has 3 rings (SSSR count). The van der Waals surface area contributed by atoms with Crippen molar-refractivity contribution in [2.75, 3.05) is 11.5 Å². The van der Waals surface area contributed by atoms with Gasteiger partial charge in [-0.1, -0.05) is 0 Å². The Balaban J connectivity index is 1.48. The third-order valence-electron chi connectivity index (χ3n) is 3.65. The molecule has 1 saturated heterocycles. The highest BCUT2D eigenvalue weighted by molar-refractivity contribution is 7.99. The zero-order valence-corrected chi connectivity index (χ0v) is 11.1. The lowest BCUT2D eigenvalue weighted by Crippen LogP contribution is -2.16. The van der Waals surface area contributed by atoms with Crippen LogP contribution in [0, 0.1) is 5.92 Å². The highest BCUT2D eigenvalue weighted by Crippen LogP contribution is 2.24. The van der Waals surface area contributed by atoms with Crippen molar-refractivity contribution in [1.82, 2.24) is 14.9 Å². The van der Waals surface area contributed by atoms with Crippen molar-refractivity contribution in [2.45, 2.75) is 44.8 Å². The molecule has 94 valence electrons. The van der Waals surface area contributed by atoms with Gasteiger partial charge in [-0.05, 0) is 43.1 Å². The Kier molecular flexibility index (Phi) is 3.71. The normalized spacial score (nSPS) is 21.9. The second kappa shape index (κ2) is 5.44. The third kappa shape index (κ3) is 3.49. The molecule has 1 aliphatic carbocycles. The van der Waals surface area contributed by atoms with Crippen LogP contribution in [0.2, 0.25) is 0 Å². The van der Waals surface area contributed by atoms with Crippen LogP contribution in [0.5, 0.6) is 0 Å². The van der Waals surface area contributed by atoms with E-state index in [1.807, 2.05) is 6.33 Å². The highest BCUT2D eigenvalue weighted by Gasteiger charge is 2.20. The molecule has 1 N–H and O–H groups in total. The molecule has 1 saturated carbocycles. The summed E-state index contributed by atoms with van der Waals surface area (Å²) in [5.41, 5.74) is 1.20. The standard InChI is InChI=1S/C13H21N3S/c1-2-12(1)14-7-13-9-16(10-15-13)8-11-3-5-17-6-4-11/h9-12,14H,1-8H2. The van der Waals surface area contributed by atoms with Crippen molar-refractivity contribution >= 4 is 11.8 Å². The molecular formula is C13H21N3S. The number of nitrogens with one attached hydrogen (secondary N) is 1. The Bertz CT molecular complexity index is 353. The smallest absolute Gasteiger partial charge is 0.0950 e. The van der Waals surface area contributed by atoms with E-state index in [-0.39, 0.29) is 0 Å². The van der Waals surface area contributed by atoms with Gasteiger partial charge in [0.2, 0.25) is 0 Å². The Morgan fingerprint density at radius 3 is 2.88 bits per heavy atom. The molecule has 1 aromatic rings. The van der Waals surface area contributed by atoms with E-state index in [1.54, 1.807) is 0 Å². The maximum absolute atomic E-state index is 4.48. The van der Waals surface area contributed by atoms with Gasteiger partial charge in [0.1, 0.15) is 0 Å². The molecule has 0 atom stereocenters. The fraction of sp³-hybridized carbons (Fsp3) is 0.769. The second-order valence-electron chi connectivity index (χ2n) is 5.27. The first kappa shape index (κ1) is 11.6. The number of nitrogens with zero attached hydrogens (tertiary/aromatic N) is 2. The van der Waals surface area contributed by atoms with Gasteiger partial charge in [-0.3, -0.25) is 0 Å². The van der Waals surface area contributed by atoms with Crippen LogP contribution in [-0.2, 0) is 13.1 Å². The molecular weight excluding hydrogens is 230 g/mol. The van der Waals surface area contributed by atoms with Gasteiger partial charge in [-0.15, -0.1) is 0 Å². The van der Waals surface area contributed by atoms with Crippen LogP contribution in [0.4, 0.5) is 0 Å². The number of thioether (sulfide) groups is 1. The lowest BCUT2D eigenvalue weighted by molar-refractivity contribution is 0.416. The number of hydrogen-bond donors (Lipinski definition) is 1. The molecule has 1 aliphatic heterocycles. The molecule has 17 heavy (non-hydrogen) atoms. The fourth-order valence-corrected chi connectivity index (χ4v) is 3.57. The quantitative estimate of drug-likeness (QED) is 0.870. The van der Waals surface area contributed by atoms with E-state index in [9.17, 15) is 0 Å². The van der Waals surface area contributed by atoms with E-state index in [0.717, 1.165) is 25.0 Å². The number of aromatic nitrogens is 2. The summed E-state index contributed by atoms with van der Waals surface area (Å²) in [7, 11) is 0. The zero-order chi connectivity index (χ0) is 11.5. The van der Waals surface area contributed by atoms with E-state index in [4.69, 9.17) is 0 Å². The van der Waals surface area contributed by atoms with Gasteiger partial charge in [0.15, 0.2) is 0 Å². The summed E-state index contributed by atoms with van der Waals surface area (Å²) < 4.78 is 2.28. The van der Waals surface area contributed by atoms with Crippen LogP contribution in [0.3, 0.4) is 0 Å². The Morgan fingerprint density at radius 2 is 2.12 bits per heavy atom. The van der Waals surface area contributed by atoms with Crippen molar-refractivity contribution < 1.29 is 0 Å². The van der Waals surface area contributed by atoms with Gasteiger partial charge in [0.25, 0.3) is 0 Å². The first-order chi connectivity index (χ1) is 8.40. The molecule has 0 spiro atoms. The van der Waals surface area contributed by atoms with E-state index in [0.29, 0.717) is 0 Å². The Labute approximate surface area is 107 Å². The number of rotatable bonds is 5. The van der Waals surface area contributed by atoms with Crippen LogP contribution >= 0.6 is 11.8 Å². The molecule has 2 heterocycles. The first-order valence-electron chi connectivity index (χ1n) is 6.72. The van der Waals surface area contributed by atoms with Gasteiger partial charge < -0.3 is 9.88 Å². The molecule has 0 amide bonds. The SMILES string of the molecule is c1nc(CNC2CC2)cn1CC1CCSCC1. The summed E-state index contributed by atoms with van der Waals surface area (Å²) in [5, 5.41) is 3.51. The minimum absolute atomic E-state index is 0.774. The second-order valence-corrected chi connectivity index (χ2v) is 6.50. The minimum Gasteiger partial charge on any atom is -0.337 e. The summed E-state index contributed by atoms with van der Waals surface area (Å²) in [5.74, 6) is 3.56. The van der Waals surface area contributed by atoms with Gasteiger partial charge in [-0.25, -0.2) is 4.98 Å². The van der Waals surface area contributed by atoms with Crippen LogP contribution in [0.25, 0.3) is 0 Å².